The average molecular weight is 837 g/mol. The fourth-order valence-electron chi connectivity index (χ4n) is 8.47. The van der Waals surface area contributed by atoms with E-state index in [1.807, 2.05) is 75.5 Å². The number of pyridine rings is 2. The Morgan fingerprint density at radius 1 is 0.817 bits per heavy atom. The molecule has 0 radical (unpaired) electrons. The van der Waals surface area contributed by atoms with Crippen LogP contribution in [0, 0.1) is 0 Å². The Balaban J connectivity index is 1.21. The number of amides is 1. The van der Waals surface area contributed by atoms with E-state index >= 15 is 0 Å². The number of nitrogens with one attached hydrogen (secondary N) is 1. The largest absolute Gasteiger partial charge is 0.454 e. The van der Waals surface area contributed by atoms with Gasteiger partial charge in [-0.25, -0.2) is 13.5 Å². The van der Waals surface area contributed by atoms with E-state index in [9.17, 15) is 9.00 Å². The molecule has 1 amide bonds. The summed E-state index contributed by atoms with van der Waals surface area (Å²) in [5, 5.41) is 5.29. The van der Waals surface area contributed by atoms with Gasteiger partial charge in [-0.05, 0) is 89.6 Å². The van der Waals surface area contributed by atoms with Crippen molar-refractivity contribution in [3.05, 3.63) is 156 Å². The summed E-state index contributed by atoms with van der Waals surface area (Å²) >= 11 is 0. The van der Waals surface area contributed by atoms with Gasteiger partial charge in [0.05, 0.1) is 16.5 Å². The Kier molecular flexibility index (Phi) is 11.6. The van der Waals surface area contributed by atoms with Gasteiger partial charge < -0.3 is 19.2 Å². The molecule has 2 aliphatic rings. The van der Waals surface area contributed by atoms with Crippen LogP contribution in [0.3, 0.4) is 0 Å². The third kappa shape index (κ3) is 8.19. The normalized spacial score (nSPS) is 15.7. The van der Waals surface area contributed by atoms with Gasteiger partial charge >= 0.3 is 0 Å². The third-order valence-corrected chi connectivity index (χ3v) is 18.2. The lowest BCUT2D eigenvalue weighted by atomic mass is 9.94. The molecule has 6 aromatic rings. The van der Waals surface area contributed by atoms with Gasteiger partial charge in [0.1, 0.15) is 16.7 Å². The number of benzene rings is 4. The first-order valence-corrected chi connectivity index (χ1v) is 23.5. The minimum absolute atomic E-state index is 0.179. The van der Waals surface area contributed by atoms with Gasteiger partial charge in [0.2, 0.25) is 6.79 Å². The topological polar surface area (TPSA) is 103 Å². The summed E-state index contributed by atoms with van der Waals surface area (Å²) < 4.78 is 34.7. The van der Waals surface area contributed by atoms with Crippen molar-refractivity contribution in [2.24, 2.45) is 0 Å². The highest BCUT2D eigenvalue weighted by atomic mass is 32.2. The van der Waals surface area contributed by atoms with Crippen molar-refractivity contribution in [3.63, 3.8) is 0 Å². The predicted molar refractivity (Wildman–Crippen MR) is 241 cm³/mol. The van der Waals surface area contributed by atoms with E-state index in [1.165, 1.54) is 10.4 Å². The van der Waals surface area contributed by atoms with Gasteiger partial charge in [-0.15, -0.1) is 0 Å². The van der Waals surface area contributed by atoms with Crippen LogP contribution in [0.4, 0.5) is 0 Å². The standard InChI is InChI=1S/C49H52N4O5SSi/c1-48(2,3)59(55)53-32-38-29-41(47(54)51-30-34-22-23-43-44(27-34)57-33-56-43)52-46(36-16-13-15-35(28-36)37-17-14-25-50-31-37)45(38)42(53)24-26-58-60(49(4,5)6,39-18-9-7-10-19-39)40-20-11-8-12-21-40/h7-23,25,27-29,31,42H,24,26,30,32-33H2,1-6H3,(H,51,54)/t42-,59-/m1/s1. The highest BCUT2D eigenvalue weighted by molar-refractivity contribution is 7.84. The molecule has 0 saturated carbocycles. The molecule has 0 spiro atoms. The number of carbonyl (C=O) groups is 1. The molecule has 2 aromatic heterocycles. The SMILES string of the molecule is CC(C)(C)[S@@](=O)N1Cc2cc(C(=O)NCc3ccc4c(c3)OCO4)nc(-c3cccc(-c4cccnc4)c3)c2[C@H]1CCO[Si](c1ccccc1)(c1ccccc1)C(C)(C)C. The van der Waals surface area contributed by atoms with Crippen molar-refractivity contribution >= 4 is 35.6 Å². The summed E-state index contributed by atoms with van der Waals surface area (Å²) in [5.74, 6) is 1.04. The zero-order chi connectivity index (χ0) is 42.1. The van der Waals surface area contributed by atoms with E-state index in [-0.39, 0.29) is 30.3 Å². The van der Waals surface area contributed by atoms with E-state index < -0.39 is 24.1 Å². The van der Waals surface area contributed by atoms with Gasteiger partial charge in [0.15, 0.2) is 11.5 Å². The Morgan fingerprint density at radius 2 is 1.50 bits per heavy atom. The molecule has 0 unspecified atom stereocenters. The quantitative estimate of drug-likeness (QED) is 0.123. The second-order valence-corrected chi connectivity index (χ2v) is 23.9. The minimum atomic E-state index is -2.87. The summed E-state index contributed by atoms with van der Waals surface area (Å²) in [4.78, 5) is 23.7. The molecule has 1 N–H and O–H groups in total. The van der Waals surface area contributed by atoms with E-state index in [0.29, 0.717) is 42.5 Å². The van der Waals surface area contributed by atoms with Crippen LogP contribution in [0.2, 0.25) is 5.04 Å². The summed E-state index contributed by atoms with van der Waals surface area (Å²) in [6, 6.07) is 40.7. The highest BCUT2D eigenvalue weighted by Crippen LogP contribution is 2.45. The molecule has 308 valence electrons. The van der Waals surface area contributed by atoms with Crippen LogP contribution in [0.25, 0.3) is 22.4 Å². The number of carbonyl (C=O) groups excluding carboxylic acids is 1. The number of nitrogens with zero attached hydrogens (tertiary/aromatic N) is 3. The molecule has 4 heterocycles. The summed E-state index contributed by atoms with van der Waals surface area (Å²) in [5.41, 5.74) is 6.57. The Morgan fingerprint density at radius 3 is 2.17 bits per heavy atom. The predicted octanol–water partition coefficient (Wildman–Crippen LogP) is 8.75. The van der Waals surface area contributed by atoms with Crippen molar-refractivity contribution in [1.82, 2.24) is 19.6 Å². The fraction of sp³-hybridized carbons (Fsp3) is 0.286. The monoisotopic (exact) mass is 836 g/mol. The van der Waals surface area contributed by atoms with Crippen molar-refractivity contribution in [2.45, 2.75) is 76.9 Å². The molecule has 2 aliphatic heterocycles. The number of fused-ring (bicyclic) bond motifs is 2. The lowest BCUT2D eigenvalue weighted by molar-refractivity contribution is 0.0945. The van der Waals surface area contributed by atoms with Gasteiger partial charge in [-0.2, -0.15) is 0 Å². The maximum absolute atomic E-state index is 14.6. The maximum Gasteiger partial charge on any atom is 0.270 e. The van der Waals surface area contributed by atoms with Crippen LogP contribution < -0.4 is 25.2 Å². The molecule has 0 saturated heterocycles. The zero-order valence-corrected chi connectivity index (χ0v) is 36.9. The Labute approximate surface area is 356 Å². The minimum Gasteiger partial charge on any atom is -0.454 e. The second-order valence-electron chi connectivity index (χ2n) is 17.4. The van der Waals surface area contributed by atoms with E-state index in [1.54, 1.807) is 6.20 Å². The first-order chi connectivity index (χ1) is 28.8. The van der Waals surface area contributed by atoms with Crippen LogP contribution in [0.15, 0.2) is 134 Å². The molecule has 0 aliphatic carbocycles. The maximum atomic E-state index is 14.6. The van der Waals surface area contributed by atoms with E-state index in [4.69, 9.17) is 18.9 Å². The molecule has 8 rings (SSSR count). The van der Waals surface area contributed by atoms with Crippen LogP contribution >= 0.6 is 0 Å². The van der Waals surface area contributed by atoms with Crippen molar-refractivity contribution in [1.29, 1.82) is 0 Å². The molecule has 2 atom stereocenters. The first kappa shape index (κ1) is 41.3. The Bertz CT molecular complexity index is 2470. The van der Waals surface area contributed by atoms with E-state index in [2.05, 4.69) is 108 Å². The zero-order valence-electron chi connectivity index (χ0n) is 35.1. The molecule has 9 nitrogen and oxygen atoms in total. The van der Waals surface area contributed by atoms with Gasteiger partial charge in [0.25, 0.3) is 14.2 Å². The van der Waals surface area contributed by atoms with Crippen molar-refractivity contribution < 1.29 is 22.9 Å². The summed E-state index contributed by atoms with van der Waals surface area (Å²) in [6.45, 7) is 14.1. The average Bonchev–Trinajstić information content (AvgIpc) is 3.88. The number of aromatic nitrogens is 2. The number of hydrogen-bond donors (Lipinski definition) is 1. The summed E-state index contributed by atoms with van der Waals surface area (Å²) in [7, 11) is -4.27. The van der Waals surface area contributed by atoms with Crippen LogP contribution in [0.1, 0.15) is 81.2 Å². The molecule has 11 heteroatoms. The molecular formula is C49H52N4O5SSi. The lowest BCUT2D eigenvalue weighted by Gasteiger charge is -2.43. The lowest BCUT2D eigenvalue weighted by Crippen LogP contribution is -2.66. The van der Waals surface area contributed by atoms with Crippen LogP contribution in [-0.4, -0.2) is 50.9 Å². The smallest absolute Gasteiger partial charge is 0.270 e. The molecule has 0 fully saturated rings. The van der Waals surface area contributed by atoms with Gasteiger partial charge in [-0.3, -0.25) is 9.78 Å². The third-order valence-electron chi connectivity index (χ3n) is 11.3. The van der Waals surface area contributed by atoms with Crippen LogP contribution in [0.5, 0.6) is 11.5 Å². The first-order valence-electron chi connectivity index (χ1n) is 20.5. The number of hydrogen-bond acceptors (Lipinski definition) is 7. The number of ether oxygens (including phenoxy) is 2. The molecular weight excluding hydrogens is 785 g/mol. The van der Waals surface area contributed by atoms with Crippen molar-refractivity contribution in [3.8, 4) is 33.9 Å². The molecule has 4 aromatic carbocycles. The van der Waals surface area contributed by atoms with Gasteiger partial charge in [0, 0.05) is 48.8 Å². The van der Waals surface area contributed by atoms with Crippen LogP contribution in [-0.2, 0) is 28.5 Å². The van der Waals surface area contributed by atoms with Crippen molar-refractivity contribution in [2.75, 3.05) is 13.4 Å². The summed E-state index contributed by atoms with van der Waals surface area (Å²) in [6.07, 6.45) is 4.17. The van der Waals surface area contributed by atoms with Gasteiger partial charge in [-0.1, -0.05) is 112 Å². The van der Waals surface area contributed by atoms with E-state index in [0.717, 1.165) is 33.4 Å². The highest BCUT2D eigenvalue weighted by Gasteiger charge is 2.50. The Hall–Kier alpha value is -5.46. The molecule has 60 heavy (non-hydrogen) atoms. The second kappa shape index (κ2) is 16.9. The number of rotatable bonds is 12. The fourth-order valence-corrected chi connectivity index (χ4v) is 14.5. The molecule has 0 bridgehead atoms.